The van der Waals surface area contributed by atoms with Crippen LogP contribution in [0.25, 0.3) is 11.5 Å². The molecule has 1 fully saturated rings. The van der Waals surface area contributed by atoms with Gasteiger partial charge in [0.2, 0.25) is 5.82 Å². The first kappa shape index (κ1) is 14.0. The van der Waals surface area contributed by atoms with E-state index in [0.717, 1.165) is 36.4 Å². The zero-order chi connectivity index (χ0) is 14.8. The molecule has 1 aromatic heterocycles. The number of likely N-dealkylation sites (N-methyl/N-ethyl adjacent to an activating group) is 1. The van der Waals surface area contributed by atoms with Gasteiger partial charge in [0, 0.05) is 24.3 Å². The normalized spacial score (nSPS) is 19.8. The molecule has 0 radical (unpaired) electrons. The fourth-order valence-corrected chi connectivity index (χ4v) is 2.55. The molecule has 2 heterocycles. The van der Waals surface area contributed by atoms with Gasteiger partial charge in [-0.1, -0.05) is 12.1 Å². The fourth-order valence-electron chi connectivity index (χ4n) is 2.55. The van der Waals surface area contributed by atoms with E-state index in [2.05, 4.69) is 22.0 Å². The summed E-state index contributed by atoms with van der Waals surface area (Å²) >= 11 is 0. The maximum absolute atomic E-state index is 5.77. The highest BCUT2D eigenvalue weighted by Crippen LogP contribution is 2.26. The van der Waals surface area contributed by atoms with Crippen LogP contribution in [0, 0.1) is 6.92 Å². The molecule has 1 aliphatic rings. The van der Waals surface area contributed by atoms with Gasteiger partial charge in [0.1, 0.15) is 6.10 Å². The monoisotopic (exact) mass is 288 g/mol. The second kappa shape index (κ2) is 5.83. The van der Waals surface area contributed by atoms with Crippen LogP contribution in [0.15, 0.2) is 22.7 Å². The lowest BCUT2D eigenvalue weighted by molar-refractivity contribution is -0.0334. The van der Waals surface area contributed by atoms with E-state index in [0.29, 0.717) is 18.3 Å². The lowest BCUT2D eigenvalue weighted by atomic mass is 10.1. The Labute approximate surface area is 123 Å². The maximum atomic E-state index is 5.77. The van der Waals surface area contributed by atoms with Crippen molar-refractivity contribution in [1.82, 2.24) is 15.0 Å². The van der Waals surface area contributed by atoms with E-state index < -0.39 is 0 Å². The highest BCUT2D eigenvalue weighted by atomic mass is 16.5. The number of hydrogen-bond donors (Lipinski definition) is 1. The quantitative estimate of drug-likeness (QED) is 0.871. The van der Waals surface area contributed by atoms with Crippen molar-refractivity contribution in [2.24, 2.45) is 0 Å². The number of benzene rings is 1. The molecule has 0 saturated carbocycles. The largest absolute Gasteiger partial charge is 0.399 e. The highest BCUT2D eigenvalue weighted by molar-refractivity contribution is 5.62. The second-order valence-electron chi connectivity index (χ2n) is 5.28. The van der Waals surface area contributed by atoms with Crippen LogP contribution in [0.1, 0.15) is 24.4 Å². The number of ether oxygens (including phenoxy) is 1. The molecule has 0 amide bonds. The van der Waals surface area contributed by atoms with E-state index in [1.807, 2.05) is 25.1 Å². The molecule has 3 rings (SSSR count). The molecule has 2 N–H and O–H groups in total. The van der Waals surface area contributed by atoms with Crippen molar-refractivity contribution < 1.29 is 9.26 Å². The maximum Gasteiger partial charge on any atom is 0.258 e. The van der Waals surface area contributed by atoms with Crippen LogP contribution in [0.3, 0.4) is 0 Å². The third-order valence-electron chi connectivity index (χ3n) is 3.81. The number of aryl methyl sites for hydroxylation is 1. The summed E-state index contributed by atoms with van der Waals surface area (Å²) in [6, 6.07) is 5.64. The number of nitrogens with zero attached hydrogens (tertiary/aromatic N) is 3. The Morgan fingerprint density at radius 1 is 1.43 bits per heavy atom. The molecule has 0 aliphatic carbocycles. The van der Waals surface area contributed by atoms with Crippen molar-refractivity contribution in [2.45, 2.75) is 20.0 Å². The van der Waals surface area contributed by atoms with Gasteiger partial charge < -0.3 is 15.0 Å². The van der Waals surface area contributed by atoms with Crippen LogP contribution in [-0.2, 0) is 4.74 Å². The van der Waals surface area contributed by atoms with Crippen LogP contribution >= 0.6 is 0 Å². The Hall–Kier alpha value is -1.92. The van der Waals surface area contributed by atoms with E-state index in [1.165, 1.54) is 0 Å². The minimum Gasteiger partial charge on any atom is -0.399 e. The summed E-state index contributed by atoms with van der Waals surface area (Å²) in [5.74, 6) is 1.12. The molecule has 1 aliphatic heterocycles. The third-order valence-corrected chi connectivity index (χ3v) is 3.81. The molecule has 1 saturated heterocycles. The first-order chi connectivity index (χ1) is 10.2. The fraction of sp³-hybridized carbons (Fsp3) is 0.467. The van der Waals surface area contributed by atoms with Gasteiger partial charge >= 0.3 is 0 Å². The molecule has 6 heteroatoms. The summed E-state index contributed by atoms with van der Waals surface area (Å²) < 4.78 is 11.1. The van der Waals surface area contributed by atoms with Crippen LogP contribution in [0.5, 0.6) is 0 Å². The number of aromatic nitrogens is 2. The standard InChI is InChI=1S/C15H20N4O2/c1-3-19-6-7-20-13(9-19)14-17-15(21-18-14)12-5-4-11(16)8-10(12)2/h4-5,8,13H,3,6-7,9,16H2,1-2H3. The first-order valence-electron chi connectivity index (χ1n) is 7.21. The predicted molar refractivity (Wildman–Crippen MR) is 79.7 cm³/mol. The molecule has 1 aromatic carbocycles. The predicted octanol–water partition coefficient (Wildman–Crippen LogP) is 2.02. The molecule has 2 aromatic rings. The molecule has 1 unspecified atom stereocenters. The van der Waals surface area contributed by atoms with Gasteiger partial charge in [0.25, 0.3) is 5.89 Å². The van der Waals surface area contributed by atoms with Gasteiger partial charge in [-0.2, -0.15) is 4.98 Å². The summed E-state index contributed by atoms with van der Waals surface area (Å²) in [5, 5.41) is 4.08. The van der Waals surface area contributed by atoms with Crippen molar-refractivity contribution in [1.29, 1.82) is 0 Å². The summed E-state index contributed by atoms with van der Waals surface area (Å²) in [7, 11) is 0. The van der Waals surface area contributed by atoms with Gasteiger partial charge in [-0.15, -0.1) is 0 Å². The summed E-state index contributed by atoms with van der Waals surface area (Å²) in [6.07, 6.45) is -0.120. The molecule has 6 nitrogen and oxygen atoms in total. The average molecular weight is 288 g/mol. The second-order valence-corrected chi connectivity index (χ2v) is 5.28. The zero-order valence-corrected chi connectivity index (χ0v) is 12.4. The van der Waals surface area contributed by atoms with Crippen molar-refractivity contribution in [3.63, 3.8) is 0 Å². The Kier molecular flexibility index (Phi) is 3.90. The Morgan fingerprint density at radius 2 is 2.29 bits per heavy atom. The number of nitrogen functional groups attached to an aromatic ring is 1. The summed E-state index contributed by atoms with van der Waals surface area (Å²) in [4.78, 5) is 6.81. The van der Waals surface area contributed by atoms with Crippen LogP contribution < -0.4 is 5.73 Å². The number of morpholine rings is 1. The number of hydrogen-bond acceptors (Lipinski definition) is 6. The van der Waals surface area contributed by atoms with Crippen molar-refractivity contribution >= 4 is 5.69 Å². The SMILES string of the molecule is CCN1CCOC(c2noc(-c3ccc(N)cc3C)n2)C1. The number of anilines is 1. The third kappa shape index (κ3) is 2.91. The van der Waals surface area contributed by atoms with Gasteiger partial charge in [0.05, 0.1) is 6.61 Å². The van der Waals surface area contributed by atoms with E-state index in [9.17, 15) is 0 Å². The zero-order valence-electron chi connectivity index (χ0n) is 12.4. The minimum atomic E-state index is -0.120. The Morgan fingerprint density at radius 3 is 3.05 bits per heavy atom. The lowest BCUT2D eigenvalue weighted by Crippen LogP contribution is -2.38. The molecular weight excluding hydrogens is 268 g/mol. The van der Waals surface area contributed by atoms with Crippen LogP contribution in [0.4, 0.5) is 5.69 Å². The van der Waals surface area contributed by atoms with Crippen molar-refractivity contribution in [2.75, 3.05) is 32.0 Å². The van der Waals surface area contributed by atoms with Crippen LogP contribution in [-0.4, -0.2) is 41.3 Å². The summed E-state index contributed by atoms with van der Waals surface area (Å²) in [6.45, 7) is 7.57. The summed E-state index contributed by atoms with van der Waals surface area (Å²) in [5.41, 5.74) is 8.42. The molecule has 21 heavy (non-hydrogen) atoms. The van der Waals surface area contributed by atoms with E-state index in [1.54, 1.807) is 0 Å². The number of rotatable bonds is 3. The molecule has 0 bridgehead atoms. The van der Waals surface area contributed by atoms with E-state index >= 15 is 0 Å². The van der Waals surface area contributed by atoms with E-state index in [4.69, 9.17) is 15.0 Å². The van der Waals surface area contributed by atoms with Gasteiger partial charge in [-0.25, -0.2) is 0 Å². The molecule has 0 spiro atoms. The van der Waals surface area contributed by atoms with E-state index in [-0.39, 0.29) is 6.10 Å². The molecule has 1 atom stereocenters. The van der Waals surface area contributed by atoms with Gasteiger partial charge in [-0.3, -0.25) is 4.90 Å². The van der Waals surface area contributed by atoms with Gasteiger partial charge in [0.15, 0.2) is 0 Å². The lowest BCUT2D eigenvalue weighted by Gasteiger charge is -2.30. The Balaban J connectivity index is 1.83. The number of nitrogens with two attached hydrogens (primary N) is 1. The van der Waals surface area contributed by atoms with Crippen molar-refractivity contribution in [3.05, 3.63) is 29.6 Å². The van der Waals surface area contributed by atoms with Crippen molar-refractivity contribution in [3.8, 4) is 11.5 Å². The van der Waals surface area contributed by atoms with Crippen LogP contribution in [0.2, 0.25) is 0 Å². The smallest absolute Gasteiger partial charge is 0.258 e. The van der Waals surface area contributed by atoms with Gasteiger partial charge in [-0.05, 0) is 37.2 Å². The minimum absolute atomic E-state index is 0.120. The topological polar surface area (TPSA) is 77.4 Å². The Bertz CT molecular complexity index is 626. The first-order valence-corrected chi connectivity index (χ1v) is 7.21. The molecule has 112 valence electrons. The average Bonchev–Trinajstić information content (AvgIpc) is 2.97. The highest BCUT2D eigenvalue weighted by Gasteiger charge is 2.25. The molecular formula is C15H20N4O2.